The normalized spacial score (nSPS) is 16.2. The van der Waals surface area contributed by atoms with Crippen LogP contribution in [0.15, 0.2) is 65.9 Å². The topological polar surface area (TPSA) is 70.5 Å². The second-order valence-corrected chi connectivity index (χ2v) is 8.89. The number of aryl methyl sites for hydroxylation is 2. The summed E-state index contributed by atoms with van der Waals surface area (Å²) in [5, 5.41) is 11.5. The maximum atomic E-state index is 13.7. The van der Waals surface area contributed by atoms with Gasteiger partial charge in [0, 0.05) is 12.1 Å². The van der Waals surface area contributed by atoms with Gasteiger partial charge in [-0.1, -0.05) is 68.4 Å². The van der Waals surface area contributed by atoms with E-state index in [2.05, 4.69) is 11.9 Å². The number of aliphatic hydroxyl groups excluding tert-OH is 1. The fourth-order valence-electron chi connectivity index (χ4n) is 4.07. The molecule has 0 bridgehead atoms. The third-order valence-electron chi connectivity index (χ3n) is 5.74. The predicted octanol–water partition coefficient (Wildman–Crippen LogP) is 5.67. The van der Waals surface area contributed by atoms with Crippen molar-refractivity contribution in [1.82, 2.24) is 9.88 Å². The van der Waals surface area contributed by atoms with Crippen molar-refractivity contribution < 1.29 is 14.7 Å². The Morgan fingerprint density at radius 1 is 1.09 bits per heavy atom. The SMILES string of the molecule is CCCN1C(=O)C(O)=C(C(=O)c2sc(-c3ccccc3)nc2C)C1c1ccc(CC)cc1. The molecule has 0 saturated heterocycles. The van der Waals surface area contributed by atoms with Crippen molar-refractivity contribution >= 4 is 23.0 Å². The molecule has 1 aromatic heterocycles. The highest BCUT2D eigenvalue weighted by Crippen LogP contribution is 2.41. The van der Waals surface area contributed by atoms with Crippen LogP contribution in [0.4, 0.5) is 0 Å². The number of thiazole rings is 1. The minimum atomic E-state index is -0.609. The molecule has 3 aromatic rings. The fourth-order valence-corrected chi connectivity index (χ4v) is 5.10. The van der Waals surface area contributed by atoms with Gasteiger partial charge in [0.15, 0.2) is 5.76 Å². The van der Waals surface area contributed by atoms with Crippen molar-refractivity contribution in [2.75, 3.05) is 6.54 Å². The number of ketones is 1. The van der Waals surface area contributed by atoms with E-state index in [0.717, 1.165) is 29.0 Å². The smallest absolute Gasteiger partial charge is 0.290 e. The van der Waals surface area contributed by atoms with Gasteiger partial charge in [0.2, 0.25) is 5.78 Å². The van der Waals surface area contributed by atoms with Crippen molar-refractivity contribution in [3.63, 3.8) is 0 Å². The maximum absolute atomic E-state index is 13.7. The first-order chi connectivity index (χ1) is 15.5. The summed E-state index contributed by atoms with van der Waals surface area (Å²) in [6.07, 6.45) is 1.62. The molecule has 1 atom stereocenters. The lowest BCUT2D eigenvalue weighted by atomic mass is 9.94. The zero-order valence-corrected chi connectivity index (χ0v) is 19.3. The molecule has 1 amide bonds. The van der Waals surface area contributed by atoms with Crippen LogP contribution in [0.25, 0.3) is 10.6 Å². The van der Waals surface area contributed by atoms with Gasteiger partial charge in [-0.05, 0) is 30.9 Å². The molecule has 0 saturated carbocycles. The first kappa shape index (κ1) is 22.0. The van der Waals surface area contributed by atoms with Gasteiger partial charge in [-0.3, -0.25) is 9.59 Å². The van der Waals surface area contributed by atoms with Crippen LogP contribution in [0.2, 0.25) is 0 Å². The van der Waals surface area contributed by atoms with E-state index < -0.39 is 17.7 Å². The van der Waals surface area contributed by atoms with E-state index in [1.165, 1.54) is 16.9 Å². The van der Waals surface area contributed by atoms with E-state index in [1.54, 1.807) is 11.8 Å². The third kappa shape index (κ3) is 3.86. The van der Waals surface area contributed by atoms with E-state index in [9.17, 15) is 14.7 Å². The number of amides is 1. The maximum Gasteiger partial charge on any atom is 0.290 e. The van der Waals surface area contributed by atoms with E-state index >= 15 is 0 Å². The number of rotatable bonds is 7. The molecule has 2 heterocycles. The van der Waals surface area contributed by atoms with Crippen LogP contribution in [0.5, 0.6) is 0 Å². The molecule has 1 aliphatic heterocycles. The number of hydrogen-bond acceptors (Lipinski definition) is 5. The number of benzene rings is 2. The van der Waals surface area contributed by atoms with E-state index in [-0.39, 0.29) is 11.4 Å². The van der Waals surface area contributed by atoms with E-state index in [0.29, 0.717) is 17.1 Å². The molecule has 0 spiro atoms. The average molecular weight is 447 g/mol. The summed E-state index contributed by atoms with van der Waals surface area (Å²) in [6.45, 7) is 6.30. The minimum absolute atomic E-state index is 0.138. The highest BCUT2D eigenvalue weighted by atomic mass is 32.1. The van der Waals surface area contributed by atoms with Gasteiger partial charge in [-0.25, -0.2) is 4.98 Å². The van der Waals surface area contributed by atoms with Gasteiger partial charge in [0.25, 0.3) is 5.91 Å². The minimum Gasteiger partial charge on any atom is -0.503 e. The molecule has 1 unspecified atom stereocenters. The molecule has 4 rings (SSSR count). The number of aromatic nitrogens is 1. The Hall–Kier alpha value is -3.25. The van der Waals surface area contributed by atoms with Crippen LogP contribution in [-0.2, 0) is 11.2 Å². The monoisotopic (exact) mass is 446 g/mol. The molecular weight excluding hydrogens is 420 g/mol. The molecule has 1 aliphatic rings. The summed E-state index contributed by atoms with van der Waals surface area (Å²) in [6, 6.07) is 17.0. The van der Waals surface area contributed by atoms with Crippen molar-refractivity contribution in [3.05, 3.63) is 87.6 Å². The van der Waals surface area contributed by atoms with Crippen LogP contribution in [-0.4, -0.2) is 33.2 Å². The Morgan fingerprint density at radius 3 is 2.41 bits per heavy atom. The quantitative estimate of drug-likeness (QED) is 0.475. The van der Waals surface area contributed by atoms with Gasteiger partial charge in [-0.2, -0.15) is 0 Å². The fraction of sp³-hybridized carbons (Fsp3) is 0.269. The van der Waals surface area contributed by atoms with Crippen molar-refractivity contribution in [2.24, 2.45) is 0 Å². The number of nitrogens with zero attached hydrogens (tertiary/aromatic N) is 2. The first-order valence-corrected chi connectivity index (χ1v) is 11.7. The lowest BCUT2D eigenvalue weighted by Crippen LogP contribution is -2.31. The molecule has 2 aromatic carbocycles. The summed E-state index contributed by atoms with van der Waals surface area (Å²) in [5.41, 5.74) is 3.66. The number of carbonyl (C=O) groups is 2. The van der Waals surface area contributed by atoms with Crippen LogP contribution < -0.4 is 0 Å². The molecule has 0 fully saturated rings. The molecule has 6 heteroatoms. The molecule has 5 nitrogen and oxygen atoms in total. The van der Waals surface area contributed by atoms with Crippen molar-refractivity contribution in [2.45, 2.75) is 39.7 Å². The largest absolute Gasteiger partial charge is 0.503 e. The molecule has 32 heavy (non-hydrogen) atoms. The second-order valence-electron chi connectivity index (χ2n) is 7.89. The summed E-state index contributed by atoms with van der Waals surface area (Å²) < 4.78 is 0. The highest BCUT2D eigenvalue weighted by Gasteiger charge is 2.44. The van der Waals surface area contributed by atoms with Gasteiger partial charge in [-0.15, -0.1) is 11.3 Å². The van der Waals surface area contributed by atoms with E-state index in [4.69, 9.17) is 0 Å². The Labute approximate surface area is 192 Å². The summed E-state index contributed by atoms with van der Waals surface area (Å²) in [5.74, 6) is -1.29. The van der Waals surface area contributed by atoms with Gasteiger partial charge in [0.1, 0.15) is 5.01 Å². The molecular formula is C26H26N2O3S. The summed E-state index contributed by atoms with van der Waals surface area (Å²) in [4.78, 5) is 33.2. The lowest BCUT2D eigenvalue weighted by Gasteiger charge is -2.26. The van der Waals surface area contributed by atoms with Crippen LogP contribution >= 0.6 is 11.3 Å². The van der Waals surface area contributed by atoms with Crippen LogP contribution in [0.1, 0.15) is 52.8 Å². The predicted molar refractivity (Wildman–Crippen MR) is 127 cm³/mol. The van der Waals surface area contributed by atoms with Gasteiger partial charge < -0.3 is 10.0 Å². The Morgan fingerprint density at radius 2 is 1.78 bits per heavy atom. The molecule has 164 valence electrons. The number of hydrogen-bond donors (Lipinski definition) is 1. The van der Waals surface area contributed by atoms with Gasteiger partial charge in [0.05, 0.1) is 22.2 Å². The molecule has 0 radical (unpaired) electrons. The molecule has 1 N–H and O–H groups in total. The lowest BCUT2D eigenvalue weighted by molar-refractivity contribution is -0.129. The highest BCUT2D eigenvalue weighted by molar-refractivity contribution is 7.17. The zero-order valence-electron chi connectivity index (χ0n) is 18.5. The zero-order chi connectivity index (χ0) is 22.8. The van der Waals surface area contributed by atoms with E-state index in [1.807, 2.05) is 61.5 Å². The number of Topliss-reactive ketones (excluding diaryl/α,β-unsaturated/α-hetero) is 1. The van der Waals surface area contributed by atoms with Crippen LogP contribution in [0, 0.1) is 6.92 Å². The summed E-state index contributed by atoms with van der Waals surface area (Å²) in [7, 11) is 0. The Balaban J connectivity index is 1.78. The average Bonchev–Trinajstić information content (AvgIpc) is 3.32. The number of carbonyl (C=O) groups excluding carboxylic acids is 2. The summed E-state index contributed by atoms with van der Waals surface area (Å²) >= 11 is 1.29. The second kappa shape index (κ2) is 9.09. The van der Waals surface area contributed by atoms with Crippen molar-refractivity contribution in [3.8, 4) is 10.6 Å². The van der Waals surface area contributed by atoms with Crippen LogP contribution in [0.3, 0.4) is 0 Å². The van der Waals surface area contributed by atoms with Gasteiger partial charge >= 0.3 is 0 Å². The number of aliphatic hydroxyl groups is 1. The Kier molecular flexibility index (Phi) is 6.24. The Bertz CT molecular complexity index is 1180. The first-order valence-electron chi connectivity index (χ1n) is 10.9. The molecule has 0 aliphatic carbocycles. The van der Waals surface area contributed by atoms with Crippen molar-refractivity contribution in [1.29, 1.82) is 0 Å². The standard InChI is InChI=1S/C26H26N2O3S/c1-4-15-28-21(18-13-11-17(5-2)12-14-18)20(23(30)26(28)31)22(29)24-16(3)27-25(32-24)19-9-7-6-8-10-19/h6-14,21,30H,4-5,15H2,1-3H3. The third-order valence-corrected chi connectivity index (χ3v) is 6.95.